The number of rotatable bonds is 6. The Morgan fingerprint density at radius 1 is 1.23 bits per heavy atom. The molecular formula is C18H16N4O3S. The van der Waals surface area contributed by atoms with Crippen molar-refractivity contribution in [1.82, 2.24) is 15.5 Å². The molecule has 7 nitrogen and oxygen atoms in total. The smallest absolute Gasteiger partial charge is 0.251 e. The molecule has 1 saturated carbocycles. The Labute approximate surface area is 153 Å². The van der Waals surface area contributed by atoms with Gasteiger partial charge in [-0.15, -0.1) is 11.3 Å². The molecule has 0 atom stereocenters. The van der Waals surface area contributed by atoms with E-state index in [9.17, 15) is 9.59 Å². The van der Waals surface area contributed by atoms with Crippen molar-refractivity contribution in [2.24, 2.45) is 5.92 Å². The minimum Gasteiger partial charge on any atom is -0.343 e. The fraction of sp³-hybridized carbons (Fsp3) is 0.222. The SMILES string of the molecule is O=C(NCc1nc(-c2cccs2)no1)c1cccc(NC(=O)C2CC2)c1. The monoisotopic (exact) mass is 368 g/mol. The third kappa shape index (κ3) is 3.80. The molecule has 3 aromatic rings. The predicted molar refractivity (Wildman–Crippen MR) is 96.6 cm³/mol. The van der Waals surface area contributed by atoms with Crippen LogP contribution in [-0.2, 0) is 11.3 Å². The number of aromatic nitrogens is 2. The van der Waals surface area contributed by atoms with Crippen LogP contribution in [0.3, 0.4) is 0 Å². The van der Waals surface area contributed by atoms with Crippen LogP contribution in [0.15, 0.2) is 46.3 Å². The zero-order valence-electron chi connectivity index (χ0n) is 13.8. The molecule has 0 unspecified atom stereocenters. The molecule has 132 valence electrons. The van der Waals surface area contributed by atoms with Crippen LogP contribution in [0, 0.1) is 5.92 Å². The number of amides is 2. The standard InChI is InChI=1S/C18H16N4O3S/c23-17(12-3-1-4-13(9-12)20-18(24)11-6-7-11)19-10-15-21-16(22-25-15)14-5-2-8-26-14/h1-5,8-9,11H,6-7,10H2,(H,19,23)(H,20,24). The van der Waals surface area contributed by atoms with Gasteiger partial charge in [0.2, 0.25) is 17.6 Å². The van der Waals surface area contributed by atoms with Gasteiger partial charge in [-0.2, -0.15) is 4.98 Å². The van der Waals surface area contributed by atoms with Crippen molar-refractivity contribution in [2.45, 2.75) is 19.4 Å². The number of benzene rings is 1. The Kier molecular flexibility index (Phi) is 4.49. The minimum absolute atomic E-state index is 0.00882. The van der Waals surface area contributed by atoms with E-state index in [1.165, 1.54) is 11.3 Å². The van der Waals surface area contributed by atoms with E-state index in [1.807, 2.05) is 17.5 Å². The first kappa shape index (κ1) is 16.5. The fourth-order valence-electron chi connectivity index (χ4n) is 2.42. The molecule has 0 saturated heterocycles. The molecule has 2 aromatic heterocycles. The van der Waals surface area contributed by atoms with Crippen LogP contribution >= 0.6 is 11.3 Å². The highest BCUT2D eigenvalue weighted by molar-refractivity contribution is 7.13. The van der Waals surface area contributed by atoms with Crippen LogP contribution in [0.5, 0.6) is 0 Å². The van der Waals surface area contributed by atoms with Gasteiger partial charge in [-0.05, 0) is 42.5 Å². The molecule has 0 aliphatic heterocycles. The van der Waals surface area contributed by atoms with Gasteiger partial charge in [0.15, 0.2) is 0 Å². The van der Waals surface area contributed by atoms with E-state index in [-0.39, 0.29) is 24.3 Å². The summed E-state index contributed by atoms with van der Waals surface area (Å²) in [5.74, 6) is 0.689. The number of hydrogen-bond donors (Lipinski definition) is 2. The van der Waals surface area contributed by atoms with E-state index < -0.39 is 0 Å². The first-order valence-electron chi connectivity index (χ1n) is 8.24. The largest absolute Gasteiger partial charge is 0.343 e. The number of nitrogens with one attached hydrogen (secondary N) is 2. The van der Waals surface area contributed by atoms with Crippen molar-refractivity contribution in [2.75, 3.05) is 5.32 Å². The molecule has 4 rings (SSSR count). The summed E-state index contributed by atoms with van der Waals surface area (Å²) in [5, 5.41) is 11.4. The Balaban J connectivity index is 1.36. The van der Waals surface area contributed by atoms with Gasteiger partial charge in [0.1, 0.15) is 0 Å². The first-order valence-corrected chi connectivity index (χ1v) is 9.12. The Bertz CT molecular complexity index is 932. The topological polar surface area (TPSA) is 97.1 Å². The molecule has 8 heteroatoms. The average Bonchev–Trinajstić information content (AvgIpc) is 3.16. The number of carbonyl (C=O) groups excluding carboxylic acids is 2. The van der Waals surface area contributed by atoms with Gasteiger partial charge >= 0.3 is 0 Å². The van der Waals surface area contributed by atoms with E-state index in [2.05, 4.69) is 20.8 Å². The normalized spacial score (nSPS) is 13.4. The molecule has 2 N–H and O–H groups in total. The first-order chi connectivity index (χ1) is 12.7. The molecule has 1 aliphatic rings. The number of anilines is 1. The van der Waals surface area contributed by atoms with Crippen molar-refractivity contribution in [3.8, 4) is 10.7 Å². The fourth-order valence-corrected chi connectivity index (χ4v) is 3.07. The molecule has 0 spiro atoms. The predicted octanol–water partition coefficient (Wildman–Crippen LogP) is 3.08. The molecule has 0 bridgehead atoms. The molecular weight excluding hydrogens is 352 g/mol. The third-order valence-electron chi connectivity index (χ3n) is 3.95. The molecule has 1 aliphatic carbocycles. The molecule has 26 heavy (non-hydrogen) atoms. The Morgan fingerprint density at radius 3 is 2.88 bits per heavy atom. The van der Waals surface area contributed by atoms with Gasteiger partial charge in [0.25, 0.3) is 5.91 Å². The molecule has 0 radical (unpaired) electrons. The molecule has 2 heterocycles. The summed E-state index contributed by atoms with van der Waals surface area (Å²) in [4.78, 5) is 29.3. The lowest BCUT2D eigenvalue weighted by molar-refractivity contribution is -0.117. The van der Waals surface area contributed by atoms with Crippen LogP contribution in [0.25, 0.3) is 10.7 Å². The van der Waals surface area contributed by atoms with E-state index in [4.69, 9.17) is 4.52 Å². The summed E-state index contributed by atoms with van der Waals surface area (Å²) >= 11 is 1.52. The van der Waals surface area contributed by atoms with Crippen LogP contribution in [0.1, 0.15) is 29.1 Å². The highest BCUT2D eigenvalue weighted by atomic mass is 32.1. The zero-order chi connectivity index (χ0) is 17.9. The van der Waals surface area contributed by atoms with Crippen molar-refractivity contribution in [3.63, 3.8) is 0 Å². The Hall–Kier alpha value is -3.00. The number of thiophene rings is 1. The highest BCUT2D eigenvalue weighted by Gasteiger charge is 2.29. The van der Waals surface area contributed by atoms with Crippen LogP contribution in [0.2, 0.25) is 0 Å². The van der Waals surface area contributed by atoms with Gasteiger partial charge in [0, 0.05) is 17.2 Å². The summed E-state index contributed by atoms with van der Waals surface area (Å²) < 4.78 is 5.16. The van der Waals surface area contributed by atoms with Crippen LogP contribution < -0.4 is 10.6 Å². The maximum atomic E-state index is 12.3. The van der Waals surface area contributed by atoms with Crippen molar-refractivity contribution in [3.05, 3.63) is 53.2 Å². The zero-order valence-corrected chi connectivity index (χ0v) is 14.6. The van der Waals surface area contributed by atoms with E-state index in [0.29, 0.717) is 23.0 Å². The summed E-state index contributed by atoms with van der Waals surface area (Å²) in [5.41, 5.74) is 1.07. The average molecular weight is 368 g/mol. The lowest BCUT2D eigenvalue weighted by Crippen LogP contribution is -2.23. The second kappa shape index (κ2) is 7.09. The van der Waals surface area contributed by atoms with Crippen molar-refractivity contribution in [1.29, 1.82) is 0 Å². The summed E-state index contributed by atoms with van der Waals surface area (Å²) in [6.07, 6.45) is 1.87. The summed E-state index contributed by atoms with van der Waals surface area (Å²) in [7, 11) is 0. The number of carbonyl (C=O) groups is 2. The maximum absolute atomic E-state index is 12.3. The third-order valence-corrected chi connectivity index (χ3v) is 4.82. The van der Waals surface area contributed by atoms with Gasteiger partial charge in [-0.1, -0.05) is 17.3 Å². The highest BCUT2D eigenvalue weighted by Crippen LogP contribution is 2.30. The molecule has 1 aromatic carbocycles. The molecule has 2 amide bonds. The Morgan fingerprint density at radius 2 is 2.12 bits per heavy atom. The van der Waals surface area contributed by atoms with Gasteiger partial charge in [-0.3, -0.25) is 9.59 Å². The van der Waals surface area contributed by atoms with E-state index >= 15 is 0 Å². The van der Waals surface area contributed by atoms with Crippen molar-refractivity contribution < 1.29 is 14.1 Å². The van der Waals surface area contributed by atoms with Gasteiger partial charge in [-0.25, -0.2) is 0 Å². The number of hydrogen-bond acceptors (Lipinski definition) is 6. The van der Waals surface area contributed by atoms with E-state index in [0.717, 1.165) is 17.7 Å². The quantitative estimate of drug-likeness (QED) is 0.697. The van der Waals surface area contributed by atoms with Gasteiger partial charge < -0.3 is 15.2 Å². The second-order valence-electron chi connectivity index (χ2n) is 6.02. The summed E-state index contributed by atoms with van der Waals surface area (Å²) in [6, 6.07) is 10.7. The van der Waals surface area contributed by atoms with Crippen LogP contribution in [-0.4, -0.2) is 22.0 Å². The number of nitrogens with zero attached hydrogens (tertiary/aromatic N) is 2. The molecule has 1 fully saturated rings. The van der Waals surface area contributed by atoms with Crippen molar-refractivity contribution >= 4 is 28.8 Å². The van der Waals surface area contributed by atoms with E-state index in [1.54, 1.807) is 24.3 Å². The maximum Gasteiger partial charge on any atom is 0.251 e. The second-order valence-corrected chi connectivity index (χ2v) is 6.96. The van der Waals surface area contributed by atoms with Gasteiger partial charge in [0.05, 0.1) is 11.4 Å². The van der Waals surface area contributed by atoms with Crippen LogP contribution in [0.4, 0.5) is 5.69 Å². The lowest BCUT2D eigenvalue weighted by atomic mass is 10.2. The summed E-state index contributed by atoms with van der Waals surface area (Å²) in [6.45, 7) is 0.135. The minimum atomic E-state index is -0.275. The lowest BCUT2D eigenvalue weighted by Gasteiger charge is -2.07.